The molecule has 10 heteroatoms. The Labute approximate surface area is 206 Å². The second-order valence-electron chi connectivity index (χ2n) is 8.23. The Balaban J connectivity index is 1.44. The van der Waals surface area contributed by atoms with Gasteiger partial charge in [-0.2, -0.15) is 0 Å². The number of aliphatic carboxylic acids is 1. The van der Waals surface area contributed by atoms with Gasteiger partial charge in [-0.3, -0.25) is 24.4 Å². The highest BCUT2D eigenvalue weighted by atomic mass is 16.4. The fourth-order valence-electron chi connectivity index (χ4n) is 3.76. The summed E-state index contributed by atoms with van der Waals surface area (Å²) in [5.74, 6) is -1.48. The van der Waals surface area contributed by atoms with Crippen molar-refractivity contribution < 1.29 is 14.7 Å². The van der Waals surface area contributed by atoms with E-state index >= 15 is 0 Å². The van der Waals surface area contributed by atoms with Crippen LogP contribution in [-0.2, 0) is 17.8 Å². The van der Waals surface area contributed by atoms with E-state index in [1.165, 1.54) is 6.20 Å². The van der Waals surface area contributed by atoms with Gasteiger partial charge in [-0.1, -0.05) is 18.2 Å². The first-order valence-electron chi connectivity index (χ1n) is 11.1. The van der Waals surface area contributed by atoms with Crippen LogP contribution in [0.15, 0.2) is 82.9 Å². The molecule has 1 atom stereocenters. The molecule has 10 nitrogen and oxygen atoms in total. The van der Waals surface area contributed by atoms with Crippen LogP contribution in [0.3, 0.4) is 0 Å². The monoisotopic (exact) mass is 485 g/mol. The van der Waals surface area contributed by atoms with Crippen molar-refractivity contribution in [3.05, 3.63) is 110 Å². The van der Waals surface area contributed by atoms with Crippen LogP contribution in [0.2, 0.25) is 0 Å². The van der Waals surface area contributed by atoms with Crippen molar-refractivity contribution in [3.8, 4) is 0 Å². The maximum Gasteiger partial charge on any atom is 0.326 e. The molecule has 0 aliphatic carbocycles. The van der Waals surface area contributed by atoms with Crippen LogP contribution in [0.5, 0.6) is 0 Å². The molecule has 0 radical (unpaired) electrons. The minimum absolute atomic E-state index is 0.0147. The van der Waals surface area contributed by atoms with Crippen molar-refractivity contribution >= 4 is 28.9 Å². The quantitative estimate of drug-likeness (QED) is 0.288. The summed E-state index contributed by atoms with van der Waals surface area (Å²) >= 11 is 0. The highest BCUT2D eigenvalue weighted by Gasteiger charge is 2.28. The molecule has 0 aliphatic rings. The summed E-state index contributed by atoms with van der Waals surface area (Å²) in [5.41, 5.74) is 1.16. The van der Waals surface area contributed by atoms with Crippen LogP contribution in [-0.4, -0.2) is 40.0 Å². The minimum Gasteiger partial charge on any atom is -0.480 e. The Bertz CT molecular complexity index is 1430. The van der Waals surface area contributed by atoms with Gasteiger partial charge < -0.3 is 20.6 Å². The summed E-state index contributed by atoms with van der Waals surface area (Å²) < 4.78 is 0. The fraction of sp³-hybridized carbons (Fsp3) is 0.154. The van der Waals surface area contributed by atoms with Crippen molar-refractivity contribution in [2.24, 2.45) is 0 Å². The molecular formula is C26H23N5O5. The summed E-state index contributed by atoms with van der Waals surface area (Å²) in [7, 11) is 1.66. The maximum atomic E-state index is 12.3. The van der Waals surface area contributed by atoms with Gasteiger partial charge in [0.1, 0.15) is 17.4 Å². The number of carbonyl (C=O) groups excluding carboxylic acids is 1. The maximum absolute atomic E-state index is 12.3. The van der Waals surface area contributed by atoms with Crippen molar-refractivity contribution in [1.82, 2.24) is 9.97 Å². The Morgan fingerprint density at radius 3 is 2.25 bits per heavy atom. The van der Waals surface area contributed by atoms with E-state index in [4.69, 9.17) is 0 Å². The van der Waals surface area contributed by atoms with Gasteiger partial charge in [0.2, 0.25) is 0 Å². The number of carboxylic acids is 1. The number of nitrogens with zero attached hydrogens (tertiary/aromatic N) is 3. The normalized spacial score (nSPS) is 11.6. The molecule has 2 aromatic heterocycles. The average molecular weight is 486 g/mol. The van der Waals surface area contributed by atoms with Crippen LogP contribution < -0.4 is 26.4 Å². The lowest BCUT2D eigenvalue weighted by Gasteiger charge is -2.25. The van der Waals surface area contributed by atoms with E-state index < -0.39 is 22.9 Å². The SMILES string of the molecule is CN(Cc1cccnc1)c1c(NC(Cc2ccc(NC(=O)c3cccnc3)cc2)C(=O)O)c(=O)c1=O. The summed E-state index contributed by atoms with van der Waals surface area (Å²) in [4.78, 5) is 58.3. The number of carbonyl (C=O) groups is 2. The third-order valence-corrected chi connectivity index (χ3v) is 5.60. The molecule has 2 aromatic carbocycles. The zero-order chi connectivity index (χ0) is 25.7. The number of carboxylic acid groups (broad SMARTS) is 1. The Hall–Kier alpha value is -4.86. The molecule has 182 valence electrons. The van der Waals surface area contributed by atoms with E-state index in [1.54, 1.807) is 73.0 Å². The number of nitrogens with one attached hydrogen (secondary N) is 2. The molecule has 4 aromatic rings. The summed E-state index contributed by atoms with van der Waals surface area (Å²) in [6.45, 7) is 0.331. The van der Waals surface area contributed by atoms with Crippen molar-refractivity contribution in [2.45, 2.75) is 19.0 Å². The summed E-state index contributed by atoms with van der Waals surface area (Å²) in [6.07, 6.45) is 6.36. The molecule has 0 fully saturated rings. The lowest BCUT2D eigenvalue weighted by Crippen LogP contribution is -2.44. The molecular weight excluding hydrogens is 462 g/mol. The number of hydrogen-bond donors (Lipinski definition) is 3. The molecule has 0 saturated carbocycles. The van der Waals surface area contributed by atoms with Gasteiger partial charge >= 0.3 is 5.97 Å². The molecule has 0 spiro atoms. The van der Waals surface area contributed by atoms with Crippen LogP contribution in [0, 0.1) is 0 Å². The highest BCUT2D eigenvalue weighted by molar-refractivity contribution is 6.04. The highest BCUT2D eigenvalue weighted by Crippen LogP contribution is 2.23. The van der Waals surface area contributed by atoms with Gasteiger partial charge in [0.25, 0.3) is 16.8 Å². The predicted molar refractivity (Wildman–Crippen MR) is 135 cm³/mol. The number of rotatable bonds is 10. The third-order valence-electron chi connectivity index (χ3n) is 5.60. The first kappa shape index (κ1) is 24.3. The molecule has 3 N–H and O–H groups in total. The van der Waals surface area contributed by atoms with Gasteiger partial charge in [0.05, 0.1) is 5.56 Å². The van der Waals surface area contributed by atoms with Crippen LogP contribution in [0.25, 0.3) is 0 Å². The topological polar surface area (TPSA) is 142 Å². The number of anilines is 3. The Morgan fingerprint density at radius 1 is 0.944 bits per heavy atom. The van der Waals surface area contributed by atoms with E-state index in [0.717, 1.165) is 5.56 Å². The predicted octanol–water partition coefficient (Wildman–Crippen LogP) is 2.07. The molecule has 2 heterocycles. The van der Waals surface area contributed by atoms with Crippen molar-refractivity contribution in [3.63, 3.8) is 0 Å². The van der Waals surface area contributed by atoms with Gasteiger partial charge in [0, 0.05) is 50.5 Å². The lowest BCUT2D eigenvalue weighted by atomic mass is 10.0. The lowest BCUT2D eigenvalue weighted by molar-refractivity contribution is -0.137. The van der Waals surface area contributed by atoms with Crippen LogP contribution >= 0.6 is 0 Å². The molecule has 0 bridgehead atoms. The standard InChI is InChI=1S/C26H23N5O5/c1-31(15-17-4-2-10-27-13-17)22-21(23(32)24(22)33)30-20(26(35)36)12-16-6-8-19(9-7-16)29-25(34)18-5-3-11-28-14-18/h2-11,13-14,20,30H,12,15H2,1H3,(H,29,34)(H,35,36). The Morgan fingerprint density at radius 2 is 1.64 bits per heavy atom. The number of amides is 1. The second kappa shape index (κ2) is 10.6. The average Bonchev–Trinajstić information content (AvgIpc) is 2.89. The van der Waals surface area contributed by atoms with Gasteiger partial charge in [-0.25, -0.2) is 4.79 Å². The van der Waals surface area contributed by atoms with Crippen molar-refractivity contribution in [2.75, 3.05) is 22.6 Å². The molecule has 1 unspecified atom stereocenters. The van der Waals surface area contributed by atoms with E-state index in [2.05, 4.69) is 20.6 Å². The molecule has 0 saturated heterocycles. The van der Waals surface area contributed by atoms with Gasteiger partial charge in [-0.15, -0.1) is 0 Å². The second-order valence-corrected chi connectivity index (χ2v) is 8.23. The molecule has 4 rings (SSSR count). The number of hydrogen-bond acceptors (Lipinski definition) is 8. The fourth-order valence-corrected chi connectivity index (χ4v) is 3.76. The van der Waals surface area contributed by atoms with Gasteiger partial charge in [-0.05, 0) is 41.5 Å². The zero-order valence-electron chi connectivity index (χ0n) is 19.3. The smallest absolute Gasteiger partial charge is 0.326 e. The minimum atomic E-state index is -1.17. The number of pyridine rings is 2. The number of benzene rings is 1. The summed E-state index contributed by atoms with van der Waals surface area (Å²) in [5, 5.41) is 15.2. The first-order chi connectivity index (χ1) is 17.3. The van der Waals surface area contributed by atoms with E-state index in [-0.39, 0.29) is 23.7 Å². The van der Waals surface area contributed by atoms with E-state index in [9.17, 15) is 24.3 Å². The first-order valence-corrected chi connectivity index (χ1v) is 11.1. The Kier molecular flexibility index (Phi) is 7.15. The largest absolute Gasteiger partial charge is 0.480 e. The third kappa shape index (κ3) is 5.44. The van der Waals surface area contributed by atoms with Crippen molar-refractivity contribution in [1.29, 1.82) is 0 Å². The van der Waals surface area contributed by atoms with Crippen LogP contribution in [0.4, 0.5) is 17.1 Å². The number of aromatic nitrogens is 2. The zero-order valence-corrected chi connectivity index (χ0v) is 19.3. The summed E-state index contributed by atoms with van der Waals surface area (Å²) in [6, 6.07) is 12.5. The van der Waals surface area contributed by atoms with Gasteiger partial charge in [0.15, 0.2) is 0 Å². The molecule has 0 aliphatic heterocycles. The van der Waals surface area contributed by atoms with E-state index in [1.807, 2.05) is 6.07 Å². The molecule has 1 amide bonds. The van der Waals surface area contributed by atoms with Crippen LogP contribution in [0.1, 0.15) is 21.5 Å². The molecule has 36 heavy (non-hydrogen) atoms. The van der Waals surface area contributed by atoms with E-state index in [0.29, 0.717) is 23.4 Å².